The highest BCUT2D eigenvalue weighted by molar-refractivity contribution is 7.12. The number of halogens is 3. The molecule has 1 aliphatic rings. The van der Waals surface area contributed by atoms with E-state index in [1.54, 1.807) is 0 Å². The number of amides is 2. The van der Waals surface area contributed by atoms with Crippen molar-refractivity contribution < 1.29 is 27.9 Å². The van der Waals surface area contributed by atoms with Gasteiger partial charge in [0.2, 0.25) is 5.72 Å². The van der Waals surface area contributed by atoms with Crippen LogP contribution in [0.1, 0.15) is 21.3 Å². The van der Waals surface area contributed by atoms with Crippen molar-refractivity contribution in [3.8, 4) is 0 Å². The summed E-state index contributed by atoms with van der Waals surface area (Å²) in [7, 11) is 0. The predicted molar refractivity (Wildman–Crippen MR) is 81.8 cm³/mol. The molecule has 0 radical (unpaired) electrons. The van der Waals surface area contributed by atoms with Crippen LogP contribution in [-0.2, 0) is 0 Å². The van der Waals surface area contributed by atoms with Crippen molar-refractivity contribution in [3.63, 3.8) is 0 Å². The molecule has 0 aliphatic carbocycles. The van der Waals surface area contributed by atoms with Crippen LogP contribution in [0.4, 0.5) is 18.0 Å². The van der Waals surface area contributed by atoms with E-state index in [2.05, 4.69) is 10.3 Å². The monoisotopic (exact) mass is 371 g/mol. The first kappa shape index (κ1) is 17.4. The molecule has 0 spiro atoms. The van der Waals surface area contributed by atoms with Gasteiger partial charge in [0.1, 0.15) is 5.92 Å². The first-order valence-corrected chi connectivity index (χ1v) is 7.97. The fourth-order valence-electron chi connectivity index (χ4n) is 2.76. The number of hydrogen-bond acceptors (Lipinski definition) is 5. The first-order chi connectivity index (χ1) is 11.7. The summed E-state index contributed by atoms with van der Waals surface area (Å²) in [5.74, 6) is -2.93. The fraction of sp³-hybridized carbons (Fsp3) is 0.267. The maximum Gasteiger partial charge on any atom is 0.437 e. The Hall–Kier alpha value is -2.46. The van der Waals surface area contributed by atoms with Crippen LogP contribution < -0.4 is 10.6 Å². The number of carbonyl (C=O) groups excluding carboxylic acids is 2. The number of carbonyl (C=O) groups is 2. The third-order valence-corrected chi connectivity index (χ3v) is 4.80. The molecule has 3 heterocycles. The van der Waals surface area contributed by atoms with Gasteiger partial charge in [-0.15, -0.1) is 11.3 Å². The molecule has 2 amide bonds. The van der Waals surface area contributed by atoms with Crippen molar-refractivity contribution in [2.75, 3.05) is 0 Å². The molecular weight excluding hydrogens is 359 g/mol. The Morgan fingerprint density at radius 1 is 1.28 bits per heavy atom. The number of aliphatic hydroxyl groups is 1. The molecule has 3 N–H and O–H groups in total. The van der Waals surface area contributed by atoms with Crippen molar-refractivity contribution in [2.24, 2.45) is 5.92 Å². The van der Waals surface area contributed by atoms with Crippen molar-refractivity contribution >= 4 is 23.2 Å². The van der Waals surface area contributed by atoms with Crippen LogP contribution in [0.2, 0.25) is 0 Å². The maximum absolute atomic E-state index is 13.6. The second-order valence-corrected chi connectivity index (χ2v) is 6.39. The van der Waals surface area contributed by atoms with Crippen LogP contribution in [0.25, 0.3) is 0 Å². The molecule has 25 heavy (non-hydrogen) atoms. The molecular formula is C15H12F3N3O3S. The standard InChI is InChI=1S/C15H12F3N3O3S/c16-15(17,18)14(24)10(12(22)9-2-1-7-25-9)11(20-13(23)21-14)8-3-5-19-6-4-8/h1-7,10-11,24H,(H2,20,21,23)/t10-,11-,14-/m1/s1. The number of pyridine rings is 1. The van der Waals surface area contributed by atoms with Crippen molar-refractivity contribution in [1.82, 2.24) is 15.6 Å². The molecule has 0 aromatic carbocycles. The molecule has 1 saturated heterocycles. The number of hydrogen-bond donors (Lipinski definition) is 3. The van der Waals surface area contributed by atoms with E-state index in [9.17, 15) is 27.9 Å². The highest BCUT2D eigenvalue weighted by Crippen LogP contribution is 2.44. The van der Waals surface area contributed by atoms with Gasteiger partial charge in [-0.05, 0) is 29.1 Å². The number of Topliss-reactive ketones (excluding diaryl/α,β-unsaturated/α-hetero) is 1. The van der Waals surface area contributed by atoms with Crippen LogP contribution in [0.5, 0.6) is 0 Å². The Bertz CT molecular complexity index is 782. The molecule has 3 atom stereocenters. The maximum atomic E-state index is 13.6. The smallest absolute Gasteiger partial charge is 0.363 e. The molecule has 0 saturated carbocycles. The van der Waals surface area contributed by atoms with E-state index in [-0.39, 0.29) is 10.4 Å². The molecule has 0 bridgehead atoms. The summed E-state index contributed by atoms with van der Waals surface area (Å²) in [5.41, 5.74) is -3.48. The number of urea groups is 1. The van der Waals surface area contributed by atoms with Gasteiger partial charge in [0.05, 0.1) is 10.9 Å². The molecule has 2 aromatic heterocycles. The third kappa shape index (κ3) is 2.98. The minimum atomic E-state index is -5.26. The van der Waals surface area contributed by atoms with Crippen LogP contribution >= 0.6 is 11.3 Å². The van der Waals surface area contributed by atoms with E-state index in [0.29, 0.717) is 0 Å². The summed E-state index contributed by atoms with van der Waals surface area (Å²) in [4.78, 5) is 28.3. The number of aromatic nitrogens is 1. The van der Waals surface area contributed by atoms with Gasteiger partial charge in [0, 0.05) is 12.4 Å². The number of thiophene rings is 1. The minimum Gasteiger partial charge on any atom is -0.363 e. The van der Waals surface area contributed by atoms with Gasteiger partial charge in [0.25, 0.3) is 0 Å². The second-order valence-electron chi connectivity index (χ2n) is 5.44. The SMILES string of the molecule is O=C1N[C@H](c2ccncc2)[C@H](C(=O)c2cccs2)[C@@](O)(C(F)(F)F)N1. The summed E-state index contributed by atoms with van der Waals surface area (Å²) < 4.78 is 40.8. The summed E-state index contributed by atoms with van der Waals surface area (Å²) in [6.45, 7) is 0. The zero-order valence-electron chi connectivity index (χ0n) is 12.4. The molecule has 6 nitrogen and oxygen atoms in total. The Labute approximate surface area is 143 Å². The molecule has 0 unspecified atom stereocenters. The summed E-state index contributed by atoms with van der Waals surface area (Å²) in [6.07, 6.45) is -2.61. The highest BCUT2D eigenvalue weighted by Gasteiger charge is 2.66. The number of alkyl halides is 3. The van der Waals surface area contributed by atoms with E-state index in [0.717, 1.165) is 11.3 Å². The Morgan fingerprint density at radius 3 is 2.52 bits per heavy atom. The van der Waals surface area contributed by atoms with Crippen LogP contribution in [0.3, 0.4) is 0 Å². The van der Waals surface area contributed by atoms with E-state index in [1.807, 2.05) is 0 Å². The highest BCUT2D eigenvalue weighted by atomic mass is 32.1. The largest absolute Gasteiger partial charge is 0.437 e. The van der Waals surface area contributed by atoms with E-state index >= 15 is 0 Å². The number of nitrogens with one attached hydrogen (secondary N) is 2. The summed E-state index contributed by atoms with van der Waals surface area (Å²) >= 11 is 0.953. The Balaban J connectivity index is 2.15. The lowest BCUT2D eigenvalue weighted by atomic mass is 9.79. The molecule has 1 fully saturated rings. The quantitative estimate of drug-likeness (QED) is 0.722. The number of ketones is 1. The lowest BCUT2D eigenvalue weighted by molar-refractivity contribution is -0.287. The third-order valence-electron chi connectivity index (χ3n) is 3.92. The van der Waals surface area contributed by atoms with Gasteiger partial charge in [-0.25, -0.2) is 4.79 Å². The zero-order valence-corrected chi connectivity index (χ0v) is 13.3. The molecule has 2 aromatic rings. The summed E-state index contributed by atoms with van der Waals surface area (Å²) in [5, 5.41) is 15.6. The van der Waals surface area contributed by atoms with Crippen molar-refractivity contribution in [3.05, 3.63) is 52.5 Å². The van der Waals surface area contributed by atoms with Gasteiger partial charge >= 0.3 is 12.2 Å². The topological polar surface area (TPSA) is 91.3 Å². The lowest BCUT2D eigenvalue weighted by Gasteiger charge is -2.44. The first-order valence-electron chi connectivity index (χ1n) is 7.09. The minimum absolute atomic E-state index is 0.0460. The van der Waals surface area contributed by atoms with E-state index in [4.69, 9.17) is 0 Å². The predicted octanol–water partition coefficient (Wildman–Crippen LogP) is 2.25. The van der Waals surface area contributed by atoms with Crippen molar-refractivity contribution in [2.45, 2.75) is 17.9 Å². The van der Waals surface area contributed by atoms with Gasteiger partial charge in [-0.1, -0.05) is 6.07 Å². The Morgan fingerprint density at radius 2 is 1.96 bits per heavy atom. The fourth-order valence-corrected chi connectivity index (χ4v) is 3.46. The van der Waals surface area contributed by atoms with Crippen LogP contribution in [-0.4, -0.2) is 33.8 Å². The normalized spacial score (nSPS) is 26.6. The van der Waals surface area contributed by atoms with Gasteiger partial charge in [-0.2, -0.15) is 13.2 Å². The second kappa shape index (κ2) is 6.12. The average Bonchev–Trinajstić information content (AvgIpc) is 3.08. The van der Waals surface area contributed by atoms with E-state index in [1.165, 1.54) is 47.4 Å². The zero-order chi connectivity index (χ0) is 18.2. The Kier molecular flexibility index (Phi) is 4.25. The average molecular weight is 371 g/mol. The number of nitrogens with zero attached hydrogens (tertiary/aromatic N) is 1. The summed E-state index contributed by atoms with van der Waals surface area (Å²) in [6, 6.07) is 3.03. The molecule has 10 heteroatoms. The lowest BCUT2D eigenvalue weighted by Crippen LogP contribution is -2.72. The van der Waals surface area contributed by atoms with Crippen LogP contribution in [0, 0.1) is 5.92 Å². The van der Waals surface area contributed by atoms with Gasteiger partial charge in [-0.3, -0.25) is 9.78 Å². The molecule has 1 aliphatic heterocycles. The van der Waals surface area contributed by atoms with Gasteiger partial charge < -0.3 is 15.7 Å². The van der Waals surface area contributed by atoms with Crippen molar-refractivity contribution in [1.29, 1.82) is 0 Å². The van der Waals surface area contributed by atoms with Gasteiger partial charge in [0.15, 0.2) is 5.78 Å². The molecule has 3 rings (SSSR count). The van der Waals surface area contributed by atoms with E-state index < -0.39 is 35.7 Å². The molecule has 132 valence electrons. The number of rotatable bonds is 3. The van der Waals surface area contributed by atoms with Crippen LogP contribution in [0.15, 0.2) is 42.0 Å².